The van der Waals surface area contributed by atoms with Crippen molar-refractivity contribution in [2.24, 2.45) is 0 Å². The minimum atomic E-state index is -0.719. The average molecular weight is 219 g/mol. The highest BCUT2D eigenvalue weighted by Gasteiger charge is 2.26. The smallest absolute Gasteiger partial charge is 0.311 e. The first-order valence-electron chi connectivity index (χ1n) is 5.70. The SMILES string of the molecule is CC(C)c1ccc2c(c1)C(C(=O)O)CCN2. The Labute approximate surface area is 95.5 Å². The van der Waals surface area contributed by atoms with E-state index >= 15 is 0 Å². The molecule has 86 valence electrons. The molecule has 1 aromatic rings. The Morgan fingerprint density at radius 1 is 1.50 bits per heavy atom. The Kier molecular flexibility index (Phi) is 2.86. The van der Waals surface area contributed by atoms with Crippen LogP contribution in [-0.2, 0) is 4.79 Å². The van der Waals surface area contributed by atoms with Gasteiger partial charge in [-0.25, -0.2) is 0 Å². The Balaban J connectivity index is 2.44. The molecule has 2 rings (SSSR count). The van der Waals surface area contributed by atoms with Crippen LogP contribution in [0, 0.1) is 0 Å². The van der Waals surface area contributed by atoms with Gasteiger partial charge in [0.1, 0.15) is 0 Å². The maximum absolute atomic E-state index is 11.2. The summed E-state index contributed by atoms with van der Waals surface area (Å²) >= 11 is 0. The van der Waals surface area contributed by atoms with Crippen molar-refractivity contribution in [3.63, 3.8) is 0 Å². The molecule has 0 aliphatic carbocycles. The lowest BCUT2D eigenvalue weighted by atomic mass is 9.88. The second-order valence-corrected chi connectivity index (χ2v) is 4.61. The highest BCUT2D eigenvalue weighted by molar-refractivity contribution is 5.80. The number of rotatable bonds is 2. The minimum absolute atomic E-state index is 0.352. The zero-order valence-electron chi connectivity index (χ0n) is 9.66. The first-order chi connectivity index (χ1) is 7.59. The monoisotopic (exact) mass is 219 g/mol. The third-order valence-corrected chi connectivity index (χ3v) is 3.16. The number of benzene rings is 1. The molecule has 2 N–H and O–H groups in total. The number of carboxylic acid groups (broad SMARTS) is 1. The number of carbonyl (C=O) groups is 1. The van der Waals surface area contributed by atoms with Gasteiger partial charge in [-0.05, 0) is 29.5 Å². The molecular formula is C13H17NO2. The van der Waals surface area contributed by atoms with Crippen molar-refractivity contribution < 1.29 is 9.90 Å². The lowest BCUT2D eigenvalue weighted by molar-refractivity contribution is -0.138. The number of fused-ring (bicyclic) bond motifs is 1. The van der Waals surface area contributed by atoms with Crippen LogP contribution < -0.4 is 5.32 Å². The normalized spacial score (nSPS) is 19.1. The molecular weight excluding hydrogens is 202 g/mol. The largest absolute Gasteiger partial charge is 0.481 e. The van der Waals surface area contributed by atoms with Crippen molar-refractivity contribution >= 4 is 11.7 Å². The van der Waals surface area contributed by atoms with Crippen LogP contribution in [0.15, 0.2) is 18.2 Å². The van der Waals surface area contributed by atoms with Gasteiger partial charge in [-0.3, -0.25) is 4.79 Å². The molecule has 0 saturated heterocycles. The molecule has 3 nitrogen and oxygen atoms in total. The maximum Gasteiger partial charge on any atom is 0.311 e. The van der Waals surface area contributed by atoms with E-state index in [1.165, 1.54) is 5.56 Å². The summed E-state index contributed by atoms with van der Waals surface area (Å²) in [5.41, 5.74) is 3.11. The predicted molar refractivity (Wildman–Crippen MR) is 64.0 cm³/mol. The highest BCUT2D eigenvalue weighted by atomic mass is 16.4. The van der Waals surface area contributed by atoms with E-state index in [-0.39, 0.29) is 5.92 Å². The highest BCUT2D eigenvalue weighted by Crippen LogP contribution is 2.33. The second-order valence-electron chi connectivity index (χ2n) is 4.61. The maximum atomic E-state index is 11.2. The van der Waals surface area contributed by atoms with Crippen molar-refractivity contribution in [2.75, 3.05) is 11.9 Å². The molecule has 1 heterocycles. The fourth-order valence-electron chi connectivity index (χ4n) is 2.15. The predicted octanol–water partition coefficient (Wildman–Crippen LogP) is 2.79. The molecule has 0 radical (unpaired) electrons. The van der Waals surface area contributed by atoms with Gasteiger partial charge in [-0.2, -0.15) is 0 Å². The zero-order valence-corrected chi connectivity index (χ0v) is 9.66. The lowest BCUT2D eigenvalue weighted by Gasteiger charge is -2.25. The molecule has 1 unspecified atom stereocenters. The molecule has 0 aromatic heterocycles. The Morgan fingerprint density at radius 3 is 2.88 bits per heavy atom. The van der Waals surface area contributed by atoms with Gasteiger partial charge in [0.25, 0.3) is 0 Å². The topological polar surface area (TPSA) is 49.3 Å². The Hall–Kier alpha value is -1.51. The average Bonchev–Trinajstić information content (AvgIpc) is 2.27. The number of hydrogen-bond acceptors (Lipinski definition) is 2. The summed E-state index contributed by atoms with van der Waals surface area (Å²) in [6.45, 7) is 4.98. The van der Waals surface area contributed by atoms with Crippen molar-refractivity contribution in [1.29, 1.82) is 0 Å². The molecule has 0 fully saturated rings. The first-order valence-corrected chi connectivity index (χ1v) is 5.70. The number of aliphatic carboxylic acids is 1. The standard InChI is InChI=1S/C13H17NO2/c1-8(2)9-3-4-12-11(7-9)10(13(15)16)5-6-14-12/h3-4,7-8,10,14H,5-6H2,1-2H3,(H,15,16). The van der Waals surface area contributed by atoms with Crippen molar-refractivity contribution in [1.82, 2.24) is 0 Å². The number of anilines is 1. The van der Waals surface area contributed by atoms with E-state index in [0.29, 0.717) is 12.3 Å². The van der Waals surface area contributed by atoms with Gasteiger partial charge in [-0.1, -0.05) is 26.0 Å². The lowest BCUT2D eigenvalue weighted by Crippen LogP contribution is -2.22. The number of nitrogens with one attached hydrogen (secondary N) is 1. The molecule has 3 heteroatoms. The van der Waals surface area contributed by atoms with Gasteiger partial charge < -0.3 is 10.4 Å². The molecule has 1 aliphatic heterocycles. The summed E-state index contributed by atoms with van der Waals surface area (Å²) in [6.07, 6.45) is 0.671. The third kappa shape index (κ3) is 1.90. The van der Waals surface area contributed by atoms with Gasteiger partial charge in [0.15, 0.2) is 0 Å². The molecule has 1 aromatic carbocycles. The summed E-state index contributed by atoms with van der Waals surface area (Å²) in [7, 11) is 0. The van der Waals surface area contributed by atoms with Crippen LogP contribution in [-0.4, -0.2) is 17.6 Å². The van der Waals surface area contributed by atoms with Crippen LogP contribution in [0.1, 0.15) is 43.2 Å². The summed E-state index contributed by atoms with van der Waals surface area (Å²) in [5, 5.41) is 12.4. The van der Waals surface area contributed by atoms with E-state index in [4.69, 9.17) is 0 Å². The van der Waals surface area contributed by atoms with Crippen LogP contribution in [0.2, 0.25) is 0 Å². The van der Waals surface area contributed by atoms with Crippen LogP contribution in [0.3, 0.4) is 0 Å². The van der Waals surface area contributed by atoms with E-state index in [1.807, 2.05) is 12.1 Å². The van der Waals surface area contributed by atoms with Crippen LogP contribution >= 0.6 is 0 Å². The van der Waals surface area contributed by atoms with Gasteiger partial charge in [0, 0.05) is 12.2 Å². The molecule has 1 aliphatic rings. The summed E-state index contributed by atoms with van der Waals surface area (Å²) < 4.78 is 0. The van der Waals surface area contributed by atoms with Gasteiger partial charge in [0.05, 0.1) is 5.92 Å². The van der Waals surface area contributed by atoms with Gasteiger partial charge in [-0.15, -0.1) is 0 Å². The van der Waals surface area contributed by atoms with Crippen LogP contribution in [0.25, 0.3) is 0 Å². The van der Waals surface area contributed by atoms with Gasteiger partial charge in [0.2, 0.25) is 0 Å². The van der Waals surface area contributed by atoms with E-state index in [0.717, 1.165) is 17.8 Å². The van der Waals surface area contributed by atoms with Crippen molar-refractivity contribution in [3.05, 3.63) is 29.3 Å². The molecule has 1 atom stereocenters. The zero-order chi connectivity index (χ0) is 11.7. The molecule has 0 bridgehead atoms. The summed E-state index contributed by atoms with van der Waals surface area (Å²) in [6, 6.07) is 6.10. The fourth-order valence-corrected chi connectivity index (χ4v) is 2.15. The van der Waals surface area contributed by atoms with E-state index in [2.05, 4.69) is 25.2 Å². The Bertz CT molecular complexity index is 412. The molecule has 16 heavy (non-hydrogen) atoms. The number of hydrogen-bond donors (Lipinski definition) is 2. The minimum Gasteiger partial charge on any atom is -0.481 e. The number of carboxylic acids is 1. The fraction of sp³-hybridized carbons (Fsp3) is 0.462. The van der Waals surface area contributed by atoms with Gasteiger partial charge >= 0.3 is 5.97 Å². The molecule has 0 spiro atoms. The molecule has 0 amide bonds. The van der Waals surface area contributed by atoms with E-state index in [1.54, 1.807) is 0 Å². The molecule has 0 saturated carbocycles. The van der Waals surface area contributed by atoms with Crippen molar-refractivity contribution in [2.45, 2.75) is 32.1 Å². The van der Waals surface area contributed by atoms with Crippen LogP contribution in [0.4, 0.5) is 5.69 Å². The summed E-state index contributed by atoms with van der Waals surface area (Å²) in [4.78, 5) is 11.2. The summed E-state index contributed by atoms with van der Waals surface area (Å²) in [5.74, 6) is -0.639. The Morgan fingerprint density at radius 2 is 2.25 bits per heavy atom. The third-order valence-electron chi connectivity index (χ3n) is 3.16. The first kappa shape index (κ1) is 11.0. The van der Waals surface area contributed by atoms with E-state index in [9.17, 15) is 9.90 Å². The van der Waals surface area contributed by atoms with E-state index < -0.39 is 5.97 Å². The van der Waals surface area contributed by atoms with Crippen LogP contribution in [0.5, 0.6) is 0 Å². The quantitative estimate of drug-likeness (QED) is 0.804. The van der Waals surface area contributed by atoms with Crippen molar-refractivity contribution in [3.8, 4) is 0 Å². The second kappa shape index (κ2) is 4.16.